The van der Waals surface area contributed by atoms with E-state index in [1.807, 2.05) is 45.0 Å². The number of hydrogen-bond donors (Lipinski definition) is 0. The van der Waals surface area contributed by atoms with Crippen molar-refractivity contribution in [3.63, 3.8) is 0 Å². The van der Waals surface area contributed by atoms with Gasteiger partial charge in [-0.15, -0.1) is 11.8 Å². The van der Waals surface area contributed by atoms with Gasteiger partial charge in [0.15, 0.2) is 0 Å². The summed E-state index contributed by atoms with van der Waals surface area (Å²) in [6.45, 7) is 6.53. The lowest BCUT2D eigenvalue weighted by Crippen LogP contribution is -2.37. The van der Waals surface area contributed by atoms with Gasteiger partial charge in [0.1, 0.15) is 11.4 Å². The molecule has 0 radical (unpaired) electrons. The van der Waals surface area contributed by atoms with Crippen molar-refractivity contribution in [1.29, 1.82) is 0 Å². The van der Waals surface area contributed by atoms with Crippen molar-refractivity contribution in [2.24, 2.45) is 0 Å². The first-order valence-electron chi connectivity index (χ1n) is 7.67. The van der Waals surface area contributed by atoms with Crippen LogP contribution in [0.25, 0.3) is 0 Å². The van der Waals surface area contributed by atoms with Crippen LogP contribution in [-0.2, 0) is 9.53 Å². The Labute approximate surface area is 150 Å². The molecule has 0 bridgehead atoms. The number of likely N-dealkylation sites (tertiary alicyclic amines) is 1. The van der Waals surface area contributed by atoms with Gasteiger partial charge >= 0.3 is 6.09 Å². The predicted octanol–water partition coefficient (Wildman–Crippen LogP) is 4.51. The van der Waals surface area contributed by atoms with E-state index in [-0.39, 0.29) is 17.1 Å². The van der Waals surface area contributed by atoms with Crippen molar-refractivity contribution >= 4 is 39.6 Å². The highest BCUT2D eigenvalue weighted by Gasteiger charge is 2.29. The average molecular weight is 400 g/mol. The molecule has 0 saturated carbocycles. The Hall–Kier alpha value is -1.01. The van der Waals surface area contributed by atoms with Crippen LogP contribution in [0.5, 0.6) is 0 Å². The average Bonchev–Trinajstić information content (AvgIpc) is 2.63. The van der Waals surface area contributed by atoms with Gasteiger partial charge in [-0.3, -0.25) is 4.79 Å². The summed E-state index contributed by atoms with van der Waals surface area (Å²) >= 11 is 4.98. The van der Waals surface area contributed by atoms with Crippen LogP contribution in [0, 0.1) is 0 Å². The molecule has 1 fully saturated rings. The fourth-order valence-electron chi connectivity index (χ4n) is 2.26. The minimum atomic E-state index is -0.515. The molecule has 126 valence electrons. The maximum atomic E-state index is 12.3. The van der Waals surface area contributed by atoms with Crippen molar-refractivity contribution < 1.29 is 14.3 Å². The molecular formula is C17H22BrNO3S. The minimum Gasteiger partial charge on any atom is -0.444 e. The van der Waals surface area contributed by atoms with Crippen LogP contribution in [0.4, 0.5) is 4.79 Å². The van der Waals surface area contributed by atoms with E-state index in [1.54, 1.807) is 16.7 Å². The summed E-state index contributed by atoms with van der Waals surface area (Å²) in [6, 6.07) is 7.93. The number of hydrogen-bond acceptors (Lipinski definition) is 4. The van der Waals surface area contributed by atoms with Crippen molar-refractivity contribution in [2.75, 3.05) is 13.1 Å². The molecule has 0 N–H and O–H groups in total. The topological polar surface area (TPSA) is 46.6 Å². The van der Waals surface area contributed by atoms with Crippen LogP contribution in [0.2, 0.25) is 0 Å². The van der Waals surface area contributed by atoms with Crippen LogP contribution < -0.4 is 0 Å². The molecule has 1 heterocycles. The van der Waals surface area contributed by atoms with Gasteiger partial charge in [0.25, 0.3) is 0 Å². The van der Waals surface area contributed by atoms with Gasteiger partial charge < -0.3 is 9.64 Å². The van der Waals surface area contributed by atoms with E-state index in [0.717, 1.165) is 9.37 Å². The second-order valence-electron chi connectivity index (χ2n) is 6.53. The normalized spacial score (nSPS) is 19.4. The van der Waals surface area contributed by atoms with Gasteiger partial charge in [-0.05, 0) is 51.5 Å². The third-order valence-electron chi connectivity index (χ3n) is 3.39. The molecule has 0 spiro atoms. The number of thioether (sulfide) groups is 1. The molecule has 1 aromatic rings. The minimum absolute atomic E-state index is 0.108. The second kappa shape index (κ2) is 7.71. The number of benzene rings is 1. The van der Waals surface area contributed by atoms with E-state index in [1.165, 1.54) is 0 Å². The monoisotopic (exact) mass is 399 g/mol. The smallest absolute Gasteiger partial charge is 0.410 e. The zero-order valence-corrected chi connectivity index (χ0v) is 16.1. The lowest BCUT2D eigenvalue weighted by Gasteiger charge is -2.26. The van der Waals surface area contributed by atoms with E-state index < -0.39 is 5.60 Å². The number of carbonyl (C=O) groups is 2. The Morgan fingerprint density at radius 3 is 2.52 bits per heavy atom. The summed E-state index contributed by atoms with van der Waals surface area (Å²) < 4.78 is 6.42. The van der Waals surface area contributed by atoms with Gasteiger partial charge in [-0.25, -0.2) is 4.79 Å². The lowest BCUT2D eigenvalue weighted by atomic mass is 10.2. The fourth-order valence-corrected chi connectivity index (χ4v) is 3.62. The van der Waals surface area contributed by atoms with E-state index in [2.05, 4.69) is 15.9 Å². The van der Waals surface area contributed by atoms with Crippen molar-refractivity contribution in [2.45, 2.75) is 49.4 Å². The summed E-state index contributed by atoms with van der Waals surface area (Å²) in [7, 11) is 0. The Bertz CT molecular complexity index is 568. The molecule has 23 heavy (non-hydrogen) atoms. The van der Waals surface area contributed by atoms with Gasteiger partial charge in [0.2, 0.25) is 0 Å². The zero-order valence-electron chi connectivity index (χ0n) is 13.7. The number of halogens is 1. The molecule has 0 aliphatic carbocycles. The maximum absolute atomic E-state index is 12.3. The molecule has 1 aliphatic rings. The molecule has 1 saturated heterocycles. The number of rotatable bonds is 2. The van der Waals surface area contributed by atoms with Crippen molar-refractivity contribution in [1.82, 2.24) is 4.90 Å². The first kappa shape index (κ1) is 18.3. The Morgan fingerprint density at radius 2 is 1.91 bits per heavy atom. The highest BCUT2D eigenvalue weighted by molar-refractivity contribution is 9.10. The molecular weight excluding hydrogens is 378 g/mol. The summed E-state index contributed by atoms with van der Waals surface area (Å²) in [5.74, 6) is 0.198. The molecule has 4 nitrogen and oxygen atoms in total. The summed E-state index contributed by atoms with van der Waals surface area (Å²) in [5, 5.41) is -0.108. The van der Waals surface area contributed by atoms with Crippen LogP contribution in [0.1, 0.15) is 33.6 Å². The van der Waals surface area contributed by atoms with E-state index in [4.69, 9.17) is 4.74 Å². The van der Waals surface area contributed by atoms with Crippen molar-refractivity contribution in [3.8, 4) is 0 Å². The predicted molar refractivity (Wildman–Crippen MR) is 95.8 cm³/mol. The number of amides is 1. The van der Waals surface area contributed by atoms with Gasteiger partial charge in [0, 0.05) is 28.9 Å². The van der Waals surface area contributed by atoms with Gasteiger partial charge in [-0.1, -0.05) is 15.9 Å². The zero-order chi connectivity index (χ0) is 17.0. The maximum Gasteiger partial charge on any atom is 0.410 e. The van der Waals surface area contributed by atoms with E-state index in [0.29, 0.717) is 25.9 Å². The standard InChI is InChI=1S/C17H22BrNO3S/c1-17(2,3)22-16(21)19-10-8-14(20)15(9-11-19)23-13-6-4-12(18)5-7-13/h4-7,15H,8-11H2,1-3H3. The van der Waals surface area contributed by atoms with Gasteiger partial charge in [-0.2, -0.15) is 0 Å². The van der Waals surface area contributed by atoms with Crippen LogP contribution in [-0.4, -0.2) is 40.7 Å². The van der Waals surface area contributed by atoms with E-state index in [9.17, 15) is 9.59 Å². The third-order valence-corrected chi connectivity index (χ3v) is 5.25. The molecule has 1 unspecified atom stereocenters. The number of nitrogens with zero attached hydrogens (tertiary/aromatic N) is 1. The molecule has 2 rings (SSSR count). The molecule has 1 aromatic carbocycles. The fraction of sp³-hybridized carbons (Fsp3) is 0.529. The molecule has 1 aliphatic heterocycles. The molecule has 0 aromatic heterocycles. The largest absolute Gasteiger partial charge is 0.444 e. The Balaban J connectivity index is 1.96. The summed E-state index contributed by atoms with van der Waals surface area (Å²) in [6.07, 6.45) is 0.700. The molecule has 1 atom stereocenters. The van der Waals surface area contributed by atoms with Crippen LogP contribution >= 0.6 is 27.7 Å². The highest BCUT2D eigenvalue weighted by Crippen LogP contribution is 2.30. The first-order chi connectivity index (χ1) is 10.7. The second-order valence-corrected chi connectivity index (χ2v) is 8.72. The number of ether oxygens (including phenoxy) is 1. The Morgan fingerprint density at radius 1 is 1.26 bits per heavy atom. The van der Waals surface area contributed by atoms with E-state index >= 15 is 0 Å². The van der Waals surface area contributed by atoms with Crippen LogP contribution in [0.15, 0.2) is 33.6 Å². The number of carbonyl (C=O) groups excluding carboxylic acids is 2. The number of Topliss-reactive ketones (excluding diaryl/α,β-unsaturated/α-hetero) is 1. The third kappa shape index (κ3) is 5.84. The first-order valence-corrected chi connectivity index (χ1v) is 9.35. The van der Waals surface area contributed by atoms with Crippen LogP contribution in [0.3, 0.4) is 0 Å². The van der Waals surface area contributed by atoms with Crippen molar-refractivity contribution in [3.05, 3.63) is 28.7 Å². The highest BCUT2D eigenvalue weighted by atomic mass is 79.9. The quantitative estimate of drug-likeness (QED) is 0.733. The summed E-state index contributed by atoms with van der Waals surface area (Å²) in [5.41, 5.74) is -0.515. The molecule has 6 heteroatoms. The van der Waals surface area contributed by atoms with Gasteiger partial charge in [0.05, 0.1) is 5.25 Å². The SMILES string of the molecule is CC(C)(C)OC(=O)N1CCC(=O)C(Sc2ccc(Br)cc2)CC1. The Kier molecular flexibility index (Phi) is 6.14. The number of ketones is 1. The summed E-state index contributed by atoms with van der Waals surface area (Å²) in [4.78, 5) is 27.2. The lowest BCUT2D eigenvalue weighted by molar-refractivity contribution is -0.118. The molecule has 1 amide bonds.